The second-order valence-corrected chi connectivity index (χ2v) is 8.95. The number of aromatic carboxylic acids is 1. The van der Waals surface area contributed by atoms with Crippen LogP contribution in [0.1, 0.15) is 27.9 Å². The number of halogens is 3. The van der Waals surface area contributed by atoms with Crippen molar-refractivity contribution in [2.75, 3.05) is 26.8 Å². The Kier molecular flexibility index (Phi) is 7.62. The van der Waals surface area contributed by atoms with Gasteiger partial charge in [-0.15, -0.1) is 0 Å². The molecule has 1 aliphatic heterocycles. The van der Waals surface area contributed by atoms with Gasteiger partial charge in [-0.25, -0.2) is 23.5 Å². The molecular formula is C28H25F3N4O4. The van der Waals surface area contributed by atoms with Gasteiger partial charge in [0.05, 0.1) is 35.5 Å². The van der Waals surface area contributed by atoms with Crippen LogP contribution in [0.3, 0.4) is 0 Å². The summed E-state index contributed by atoms with van der Waals surface area (Å²) in [6.45, 7) is 1.61. The molecule has 0 bridgehead atoms. The van der Waals surface area contributed by atoms with Crippen LogP contribution in [0, 0.1) is 17.7 Å². The fourth-order valence-electron chi connectivity index (χ4n) is 4.53. The Balaban J connectivity index is 1.46. The van der Waals surface area contributed by atoms with Crippen LogP contribution in [-0.2, 0) is 17.9 Å². The van der Waals surface area contributed by atoms with Crippen molar-refractivity contribution in [1.82, 2.24) is 19.9 Å². The van der Waals surface area contributed by atoms with Crippen LogP contribution in [-0.4, -0.2) is 52.4 Å². The SMILES string of the molecule is COCCn1c(F)nc2c(-c3cccc(OCc4ccc(C5=CCNCC5)cc4F)n3)c(F)c(C(=O)O)cc21. The number of ether oxygens (including phenoxy) is 2. The minimum Gasteiger partial charge on any atom is -0.478 e. The number of hydrogen-bond donors (Lipinski definition) is 2. The minimum absolute atomic E-state index is 0.0110. The van der Waals surface area contributed by atoms with E-state index < -0.39 is 29.2 Å². The third-order valence-electron chi connectivity index (χ3n) is 6.53. The molecule has 2 aromatic heterocycles. The molecule has 0 radical (unpaired) electrons. The molecule has 0 spiro atoms. The van der Waals surface area contributed by atoms with Crippen molar-refractivity contribution in [3.8, 4) is 17.1 Å². The second-order valence-electron chi connectivity index (χ2n) is 8.95. The first kappa shape index (κ1) is 26.4. The number of benzene rings is 2. The summed E-state index contributed by atoms with van der Waals surface area (Å²) in [5.41, 5.74) is 1.23. The maximum atomic E-state index is 15.4. The minimum atomic E-state index is -1.53. The summed E-state index contributed by atoms with van der Waals surface area (Å²) in [5, 5.41) is 12.8. The van der Waals surface area contributed by atoms with Crippen molar-refractivity contribution in [3.63, 3.8) is 0 Å². The van der Waals surface area contributed by atoms with E-state index in [0.29, 0.717) is 5.56 Å². The lowest BCUT2D eigenvalue weighted by atomic mass is 9.99. The Bertz CT molecular complexity index is 1590. The van der Waals surface area contributed by atoms with Gasteiger partial charge in [0.15, 0.2) is 0 Å². The lowest BCUT2D eigenvalue weighted by Gasteiger charge is -2.15. The number of aromatic nitrogens is 3. The summed E-state index contributed by atoms with van der Waals surface area (Å²) in [4.78, 5) is 19.9. The fraction of sp³-hybridized carbons (Fsp3) is 0.250. The highest BCUT2D eigenvalue weighted by Crippen LogP contribution is 2.34. The molecule has 3 heterocycles. The van der Waals surface area contributed by atoms with Gasteiger partial charge in [0.2, 0.25) is 5.88 Å². The lowest BCUT2D eigenvalue weighted by Crippen LogP contribution is -2.20. The molecule has 2 aromatic carbocycles. The molecule has 0 saturated heterocycles. The van der Waals surface area contributed by atoms with Crippen LogP contribution < -0.4 is 10.1 Å². The summed E-state index contributed by atoms with van der Waals surface area (Å²) in [6.07, 6.45) is 1.93. The van der Waals surface area contributed by atoms with E-state index in [0.717, 1.165) is 41.3 Å². The summed E-state index contributed by atoms with van der Waals surface area (Å²) < 4.78 is 56.8. The molecule has 202 valence electrons. The number of carboxylic acids is 1. The summed E-state index contributed by atoms with van der Waals surface area (Å²) >= 11 is 0. The Hall–Kier alpha value is -4.22. The molecule has 0 fully saturated rings. The zero-order valence-electron chi connectivity index (χ0n) is 21.0. The first-order chi connectivity index (χ1) is 18.9. The summed E-state index contributed by atoms with van der Waals surface area (Å²) in [6, 6.07) is 10.4. The Morgan fingerprint density at radius 3 is 2.72 bits per heavy atom. The maximum Gasteiger partial charge on any atom is 0.338 e. The Morgan fingerprint density at radius 2 is 2.00 bits per heavy atom. The van der Waals surface area contributed by atoms with Gasteiger partial charge in [0, 0.05) is 25.3 Å². The van der Waals surface area contributed by atoms with Crippen LogP contribution in [0.5, 0.6) is 5.88 Å². The van der Waals surface area contributed by atoms with Crippen molar-refractivity contribution < 1.29 is 32.5 Å². The standard InChI is InChI=1S/C28H25F3N4O4/c1-38-12-11-35-22-14-19(27(36)37)25(30)24(26(22)34-28(35)31)21-3-2-4-23(33-21)39-15-18-6-5-17(13-20(18)29)16-7-9-32-10-8-16/h2-7,13-14,32H,8-12,15H2,1H3,(H,36,37). The third-order valence-corrected chi connectivity index (χ3v) is 6.53. The number of pyridine rings is 1. The first-order valence-electron chi connectivity index (χ1n) is 12.3. The lowest BCUT2D eigenvalue weighted by molar-refractivity contribution is 0.0692. The topological polar surface area (TPSA) is 98.5 Å². The number of imidazole rings is 1. The molecule has 0 saturated carbocycles. The van der Waals surface area contributed by atoms with Crippen molar-refractivity contribution >= 4 is 22.6 Å². The molecule has 2 N–H and O–H groups in total. The van der Waals surface area contributed by atoms with E-state index in [9.17, 15) is 18.7 Å². The van der Waals surface area contributed by atoms with Crippen LogP contribution in [0.15, 0.2) is 48.5 Å². The summed E-state index contributed by atoms with van der Waals surface area (Å²) in [7, 11) is 1.44. The molecule has 39 heavy (non-hydrogen) atoms. The number of nitrogens with one attached hydrogen (secondary N) is 1. The molecule has 0 amide bonds. The van der Waals surface area contributed by atoms with E-state index >= 15 is 4.39 Å². The highest BCUT2D eigenvalue weighted by molar-refractivity contribution is 6.00. The summed E-state index contributed by atoms with van der Waals surface area (Å²) in [5.74, 6) is -3.02. The number of rotatable bonds is 9. The fourth-order valence-corrected chi connectivity index (χ4v) is 4.53. The normalized spacial score (nSPS) is 13.5. The number of carbonyl (C=O) groups is 1. The van der Waals surface area contributed by atoms with E-state index in [-0.39, 0.29) is 47.9 Å². The number of fused-ring (bicyclic) bond motifs is 1. The number of hydrogen-bond acceptors (Lipinski definition) is 6. The third kappa shape index (κ3) is 5.36. The van der Waals surface area contributed by atoms with E-state index in [1.165, 1.54) is 31.4 Å². The maximum absolute atomic E-state index is 15.4. The van der Waals surface area contributed by atoms with Gasteiger partial charge >= 0.3 is 5.97 Å². The molecule has 0 aliphatic carbocycles. The number of nitrogens with zero attached hydrogens (tertiary/aromatic N) is 3. The van der Waals surface area contributed by atoms with Crippen molar-refractivity contribution in [3.05, 3.63) is 82.9 Å². The van der Waals surface area contributed by atoms with E-state index in [4.69, 9.17) is 9.47 Å². The van der Waals surface area contributed by atoms with Gasteiger partial charge in [-0.2, -0.15) is 4.39 Å². The molecular weight excluding hydrogens is 513 g/mol. The van der Waals surface area contributed by atoms with E-state index in [1.54, 1.807) is 6.07 Å². The van der Waals surface area contributed by atoms with Crippen molar-refractivity contribution in [1.29, 1.82) is 0 Å². The average Bonchev–Trinajstić information content (AvgIpc) is 3.25. The molecule has 4 aromatic rings. The van der Waals surface area contributed by atoms with Crippen molar-refractivity contribution in [2.45, 2.75) is 19.6 Å². The Labute approximate surface area is 221 Å². The van der Waals surface area contributed by atoms with Crippen LogP contribution in [0.25, 0.3) is 27.9 Å². The van der Waals surface area contributed by atoms with Gasteiger partial charge in [-0.05, 0) is 42.3 Å². The molecule has 11 heteroatoms. The van der Waals surface area contributed by atoms with E-state index in [1.807, 2.05) is 12.1 Å². The number of methoxy groups -OCH3 is 1. The van der Waals surface area contributed by atoms with Gasteiger partial charge < -0.3 is 19.9 Å². The molecule has 0 atom stereocenters. The highest BCUT2D eigenvalue weighted by atomic mass is 19.1. The monoisotopic (exact) mass is 538 g/mol. The number of carboxylic acid groups (broad SMARTS) is 1. The zero-order valence-corrected chi connectivity index (χ0v) is 21.0. The Morgan fingerprint density at radius 1 is 1.15 bits per heavy atom. The molecule has 1 aliphatic rings. The molecule has 5 rings (SSSR count). The van der Waals surface area contributed by atoms with E-state index in [2.05, 4.69) is 15.3 Å². The molecule has 8 nitrogen and oxygen atoms in total. The van der Waals surface area contributed by atoms with Gasteiger partial charge in [0.1, 0.15) is 23.8 Å². The highest BCUT2D eigenvalue weighted by Gasteiger charge is 2.25. The zero-order chi connectivity index (χ0) is 27.5. The molecule has 0 unspecified atom stereocenters. The van der Waals surface area contributed by atoms with Gasteiger partial charge in [0.25, 0.3) is 6.08 Å². The smallest absolute Gasteiger partial charge is 0.338 e. The van der Waals surface area contributed by atoms with Crippen LogP contribution >= 0.6 is 0 Å². The van der Waals surface area contributed by atoms with Crippen LogP contribution in [0.4, 0.5) is 13.2 Å². The van der Waals surface area contributed by atoms with Crippen molar-refractivity contribution in [2.24, 2.45) is 0 Å². The average molecular weight is 539 g/mol. The second kappa shape index (κ2) is 11.3. The quantitative estimate of drug-likeness (QED) is 0.315. The predicted octanol–water partition coefficient (Wildman–Crippen LogP) is 4.82. The first-order valence-corrected chi connectivity index (χ1v) is 12.3. The van der Waals surface area contributed by atoms with Gasteiger partial charge in [-0.1, -0.05) is 24.3 Å². The van der Waals surface area contributed by atoms with Gasteiger partial charge in [-0.3, -0.25) is 4.57 Å². The van der Waals surface area contributed by atoms with Crippen LogP contribution in [0.2, 0.25) is 0 Å². The predicted molar refractivity (Wildman–Crippen MR) is 138 cm³/mol. The largest absolute Gasteiger partial charge is 0.478 e.